The van der Waals surface area contributed by atoms with Crippen LogP contribution >= 0.6 is 11.3 Å². The minimum Gasteiger partial charge on any atom is -0.460 e. The SMILES string of the molecule is Cc1oc2cc(Oc3ccnc4cc(-c5nccn5C)sc34)ccc2c1C(=O)NC(C)C. The second-order valence-corrected chi connectivity index (χ2v) is 8.97. The number of hydrogen-bond acceptors (Lipinski definition) is 6. The topological polar surface area (TPSA) is 82.2 Å². The quantitative estimate of drug-likeness (QED) is 0.375. The van der Waals surface area contributed by atoms with Gasteiger partial charge in [-0.3, -0.25) is 9.78 Å². The molecule has 5 rings (SSSR count). The molecule has 32 heavy (non-hydrogen) atoms. The van der Waals surface area contributed by atoms with E-state index in [0.29, 0.717) is 28.4 Å². The lowest BCUT2D eigenvalue weighted by atomic mass is 10.1. The number of carbonyl (C=O) groups is 1. The first-order chi connectivity index (χ1) is 15.4. The monoisotopic (exact) mass is 446 g/mol. The molecule has 0 bridgehead atoms. The number of aryl methyl sites for hydroxylation is 2. The van der Waals surface area contributed by atoms with E-state index in [-0.39, 0.29) is 11.9 Å². The minimum atomic E-state index is -0.138. The number of nitrogens with one attached hydrogen (secondary N) is 1. The third kappa shape index (κ3) is 3.52. The molecule has 0 aliphatic carbocycles. The molecule has 1 aromatic carbocycles. The van der Waals surface area contributed by atoms with Gasteiger partial charge in [0.25, 0.3) is 5.91 Å². The first kappa shape index (κ1) is 20.3. The summed E-state index contributed by atoms with van der Waals surface area (Å²) in [6.07, 6.45) is 5.43. The van der Waals surface area contributed by atoms with Crippen LogP contribution in [0.3, 0.4) is 0 Å². The van der Waals surface area contributed by atoms with Crippen LogP contribution in [0, 0.1) is 6.92 Å². The maximum absolute atomic E-state index is 12.6. The summed E-state index contributed by atoms with van der Waals surface area (Å²) in [7, 11) is 1.97. The van der Waals surface area contributed by atoms with Gasteiger partial charge >= 0.3 is 0 Å². The van der Waals surface area contributed by atoms with Gasteiger partial charge in [-0.25, -0.2) is 4.98 Å². The van der Waals surface area contributed by atoms with Gasteiger partial charge in [0.2, 0.25) is 0 Å². The van der Waals surface area contributed by atoms with Crippen molar-refractivity contribution >= 4 is 38.4 Å². The molecule has 0 aliphatic heterocycles. The van der Waals surface area contributed by atoms with Crippen LogP contribution in [0.25, 0.3) is 31.9 Å². The van der Waals surface area contributed by atoms with Crippen LogP contribution in [0.1, 0.15) is 30.0 Å². The summed E-state index contributed by atoms with van der Waals surface area (Å²) < 4.78 is 15.0. The summed E-state index contributed by atoms with van der Waals surface area (Å²) in [5.41, 5.74) is 2.02. The number of furan rings is 1. The third-order valence-corrected chi connectivity index (χ3v) is 6.26. The van der Waals surface area contributed by atoms with Crippen LogP contribution in [0.2, 0.25) is 0 Å². The molecule has 7 nitrogen and oxygen atoms in total. The molecule has 4 aromatic heterocycles. The first-order valence-corrected chi connectivity index (χ1v) is 11.1. The zero-order valence-electron chi connectivity index (χ0n) is 18.2. The van der Waals surface area contributed by atoms with E-state index >= 15 is 0 Å². The zero-order valence-corrected chi connectivity index (χ0v) is 19.0. The molecule has 5 aromatic rings. The Hall–Kier alpha value is -3.65. The summed E-state index contributed by atoms with van der Waals surface area (Å²) in [6.45, 7) is 5.66. The van der Waals surface area contributed by atoms with Gasteiger partial charge in [-0.1, -0.05) is 0 Å². The maximum Gasteiger partial charge on any atom is 0.255 e. The van der Waals surface area contributed by atoms with E-state index < -0.39 is 0 Å². The Kier molecular flexibility index (Phi) is 4.94. The number of fused-ring (bicyclic) bond motifs is 2. The van der Waals surface area contributed by atoms with Gasteiger partial charge < -0.3 is 19.0 Å². The summed E-state index contributed by atoms with van der Waals surface area (Å²) in [5, 5.41) is 3.69. The van der Waals surface area contributed by atoms with Crippen molar-refractivity contribution in [2.24, 2.45) is 7.05 Å². The highest BCUT2D eigenvalue weighted by molar-refractivity contribution is 7.22. The van der Waals surface area contributed by atoms with Gasteiger partial charge in [-0.05, 0) is 39.0 Å². The molecule has 0 saturated heterocycles. The van der Waals surface area contributed by atoms with Crippen molar-refractivity contribution in [3.63, 3.8) is 0 Å². The number of benzene rings is 1. The molecule has 0 saturated carbocycles. The lowest BCUT2D eigenvalue weighted by molar-refractivity contribution is 0.0943. The second-order valence-electron chi connectivity index (χ2n) is 7.92. The number of hydrogen-bond donors (Lipinski definition) is 1. The van der Waals surface area contributed by atoms with Crippen LogP contribution in [-0.4, -0.2) is 26.5 Å². The number of thiophene rings is 1. The van der Waals surface area contributed by atoms with Gasteiger partial charge in [0.1, 0.15) is 28.7 Å². The molecule has 1 amide bonds. The highest BCUT2D eigenvalue weighted by atomic mass is 32.1. The molecule has 0 unspecified atom stereocenters. The number of ether oxygens (including phenoxy) is 1. The van der Waals surface area contributed by atoms with Crippen molar-refractivity contribution < 1.29 is 13.9 Å². The predicted octanol–water partition coefficient (Wildman–Crippen LogP) is 5.68. The fourth-order valence-electron chi connectivity index (χ4n) is 3.71. The Balaban J connectivity index is 1.50. The summed E-state index contributed by atoms with van der Waals surface area (Å²) in [5.74, 6) is 2.67. The normalized spacial score (nSPS) is 11.5. The lowest BCUT2D eigenvalue weighted by Gasteiger charge is -2.08. The fraction of sp³-hybridized carbons (Fsp3) is 0.208. The average Bonchev–Trinajstić information content (AvgIpc) is 3.43. The smallest absolute Gasteiger partial charge is 0.255 e. The molecule has 8 heteroatoms. The number of nitrogens with zero attached hydrogens (tertiary/aromatic N) is 3. The average molecular weight is 447 g/mol. The molecule has 0 fully saturated rings. The van der Waals surface area contributed by atoms with E-state index in [2.05, 4.69) is 15.3 Å². The van der Waals surface area contributed by atoms with E-state index in [0.717, 1.165) is 26.3 Å². The molecule has 0 atom stereocenters. The second kappa shape index (κ2) is 7.80. The maximum atomic E-state index is 12.6. The standard InChI is InChI=1S/C24H22N4O3S/c1-13(2)27-24(29)21-14(3)30-19-11-15(5-6-16(19)21)31-18-7-8-25-17-12-20(32-22(17)18)23-26-9-10-28(23)4/h5-13H,1-4H3,(H,27,29). The van der Waals surface area contributed by atoms with Crippen LogP contribution in [0.5, 0.6) is 11.5 Å². The number of rotatable bonds is 5. The van der Waals surface area contributed by atoms with E-state index in [1.807, 2.05) is 62.0 Å². The van der Waals surface area contributed by atoms with E-state index in [1.165, 1.54) is 0 Å². The number of carbonyl (C=O) groups excluding carboxylic acids is 1. The minimum absolute atomic E-state index is 0.0463. The van der Waals surface area contributed by atoms with Gasteiger partial charge in [-0.15, -0.1) is 11.3 Å². The summed E-state index contributed by atoms with van der Waals surface area (Å²) in [4.78, 5) is 22.5. The largest absolute Gasteiger partial charge is 0.460 e. The van der Waals surface area contributed by atoms with E-state index in [9.17, 15) is 4.79 Å². The molecule has 0 aliphatic rings. The first-order valence-electron chi connectivity index (χ1n) is 10.3. The molecule has 0 spiro atoms. The van der Waals surface area contributed by atoms with Crippen LogP contribution in [0.15, 0.2) is 53.3 Å². The number of aromatic nitrogens is 3. The Morgan fingerprint density at radius 2 is 2.03 bits per heavy atom. The van der Waals surface area contributed by atoms with Crippen molar-refractivity contribution in [3.8, 4) is 22.2 Å². The Morgan fingerprint density at radius 1 is 1.19 bits per heavy atom. The van der Waals surface area contributed by atoms with Crippen LogP contribution in [-0.2, 0) is 7.05 Å². The van der Waals surface area contributed by atoms with Crippen molar-refractivity contribution in [2.75, 3.05) is 0 Å². The van der Waals surface area contributed by atoms with Crippen molar-refractivity contribution in [3.05, 3.63) is 60.2 Å². The number of amides is 1. The summed E-state index contributed by atoms with van der Waals surface area (Å²) >= 11 is 1.59. The third-order valence-electron chi connectivity index (χ3n) is 5.13. The Labute approximate surface area is 188 Å². The highest BCUT2D eigenvalue weighted by Crippen LogP contribution is 2.39. The Morgan fingerprint density at radius 3 is 2.78 bits per heavy atom. The summed E-state index contributed by atoms with van der Waals surface area (Å²) in [6, 6.07) is 9.44. The molecular formula is C24H22N4O3S. The lowest BCUT2D eigenvalue weighted by Crippen LogP contribution is -2.30. The molecule has 0 radical (unpaired) electrons. The van der Waals surface area contributed by atoms with Gasteiger partial charge in [0.05, 0.1) is 20.7 Å². The molecular weight excluding hydrogens is 424 g/mol. The fourth-order valence-corrected chi connectivity index (χ4v) is 4.82. The van der Waals surface area contributed by atoms with Crippen LogP contribution < -0.4 is 10.1 Å². The van der Waals surface area contributed by atoms with Gasteiger partial charge in [-0.2, -0.15) is 0 Å². The van der Waals surface area contributed by atoms with Gasteiger partial charge in [0, 0.05) is 49.2 Å². The van der Waals surface area contributed by atoms with Crippen molar-refractivity contribution in [2.45, 2.75) is 26.8 Å². The molecule has 4 heterocycles. The molecule has 1 N–H and O–H groups in total. The zero-order chi connectivity index (χ0) is 22.4. The Bertz CT molecular complexity index is 1460. The van der Waals surface area contributed by atoms with E-state index in [1.54, 1.807) is 30.7 Å². The van der Waals surface area contributed by atoms with Gasteiger partial charge in [0.15, 0.2) is 0 Å². The number of pyridine rings is 1. The molecule has 162 valence electrons. The van der Waals surface area contributed by atoms with Crippen molar-refractivity contribution in [1.29, 1.82) is 0 Å². The number of imidazole rings is 1. The highest BCUT2D eigenvalue weighted by Gasteiger charge is 2.20. The van der Waals surface area contributed by atoms with Crippen molar-refractivity contribution in [1.82, 2.24) is 19.9 Å². The van der Waals surface area contributed by atoms with Crippen LogP contribution in [0.4, 0.5) is 0 Å². The predicted molar refractivity (Wildman–Crippen MR) is 125 cm³/mol. The van der Waals surface area contributed by atoms with E-state index in [4.69, 9.17) is 9.15 Å².